The lowest BCUT2D eigenvalue weighted by atomic mass is 10.1. The maximum absolute atomic E-state index is 11.3. The normalized spacial score (nSPS) is 12.3. The van der Waals surface area contributed by atoms with Crippen molar-refractivity contribution in [3.8, 4) is 0 Å². The Morgan fingerprint density at radius 2 is 2.33 bits per heavy atom. The third-order valence-electron chi connectivity index (χ3n) is 1.77. The van der Waals surface area contributed by atoms with Gasteiger partial charge in [0.1, 0.15) is 0 Å². The fourth-order valence-electron chi connectivity index (χ4n) is 1.07. The minimum Gasteiger partial charge on any atom is -0.464 e. The molecule has 0 heterocycles. The highest BCUT2D eigenvalue weighted by molar-refractivity contribution is 9.10. The quantitative estimate of drug-likeness (QED) is 0.872. The first-order valence-electron chi connectivity index (χ1n) is 4.36. The van der Waals surface area contributed by atoms with Crippen LogP contribution in [0.5, 0.6) is 0 Å². The summed E-state index contributed by atoms with van der Waals surface area (Å²) < 4.78 is 5.28. The molecule has 0 bridgehead atoms. The van der Waals surface area contributed by atoms with Gasteiger partial charge in [-0.1, -0.05) is 33.6 Å². The number of carbonyl (C=O) groups excluding carboxylic acids is 1. The standard InChI is InChI=1S/C10H10BrClO3/c1-2-15-10(14)9(13)7-4-3-6(12)5-8(7)11/h3-5,9,13H,2H2,1H3. The van der Waals surface area contributed by atoms with Crippen molar-refractivity contribution >= 4 is 33.5 Å². The SMILES string of the molecule is CCOC(=O)C(O)c1ccc(Cl)cc1Br. The van der Waals surface area contributed by atoms with E-state index >= 15 is 0 Å². The van der Waals surface area contributed by atoms with E-state index in [4.69, 9.17) is 16.3 Å². The molecule has 0 radical (unpaired) electrons. The maximum Gasteiger partial charge on any atom is 0.339 e. The van der Waals surface area contributed by atoms with Crippen LogP contribution in [0.25, 0.3) is 0 Å². The summed E-state index contributed by atoms with van der Waals surface area (Å²) in [6.45, 7) is 1.92. The second-order valence-electron chi connectivity index (χ2n) is 2.82. The van der Waals surface area contributed by atoms with Crippen LogP contribution in [0.3, 0.4) is 0 Å². The Labute approximate surface area is 101 Å². The molecule has 3 nitrogen and oxygen atoms in total. The summed E-state index contributed by atoms with van der Waals surface area (Å²) in [6.07, 6.45) is -1.28. The van der Waals surface area contributed by atoms with Crippen LogP contribution in [-0.2, 0) is 9.53 Å². The Balaban J connectivity index is 2.91. The van der Waals surface area contributed by atoms with Crippen LogP contribution in [0, 0.1) is 0 Å². The third kappa shape index (κ3) is 3.19. The molecule has 0 aromatic heterocycles. The molecule has 1 rings (SSSR count). The van der Waals surface area contributed by atoms with Gasteiger partial charge in [0.15, 0.2) is 6.10 Å². The zero-order chi connectivity index (χ0) is 11.4. The predicted octanol–water partition coefficient (Wildman–Crippen LogP) is 2.70. The molecule has 0 fully saturated rings. The Bertz CT molecular complexity index is 368. The van der Waals surface area contributed by atoms with E-state index in [0.29, 0.717) is 15.1 Å². The molecule has 1 atom stereocenters. The summed E-state index contributed by atoms with van der Waals surface area (Å²) in [4.78, 5) is 11.3. The van der Waals surface area contributed by atoms with Crippen molar-refractivity contribution in [2.24, 2.45) is 0 Å². The van der Waals surface area contributed by atoms with E-state index in [1.807, 2.05) is 0 Å². The number of hydrogen-bond acceptors (Lipinski definition) is 3. The van der Waals surface area contributed by atoms with Gasteiger partial charge in [-0.2, -0.15) is 0 Å². The number of hydrogen-bond donors (Lipinski definition) is 1. The minimum atomic E-state index is -1.28. The smallest absolute Gasteiger partial charge is 0.339 e. The molecule has 1 aromatic carbocycles. The van der Waals surface area contributed by atoms with Crippen LogP contribution in [0.1, 0.15) is 18.6 Å². The van der Waals surface area contributed by atoms with Crippen molar-refractivity contribution in [2.75, 3.05) is 6.61 Å². The van der Waals surface area contributed by atoms with Gasteiger partial charge >= 0.3 is 5.97 Å². The molecular weight excluding hydrogens is 283 g/mol. The van der Waals surface area contributed by atoms with Gasteiger partial charge in [0, 0.05) is 15.1 Å². The molecule has 0 amide bonds. The summed E-state index contributed by atoms with van der Waals surface area (Å²) >= 11 is 8.95. The molecule has 0 aliphatic heterocycles. The van der Waals surface area contributed by atoms with Crippen LogP contribution in [0.2, 0.25) is 5.02 Å². The van der Waals surface area contributed by atoms with E-state index in [1.165, 1.54) is 0 Å². The molecule has 0 aliphatic rings. The minimum absolute atomic E-state index is 0.237. The fourth-order valence-corrected chi connectivity index (χ4v) is 1.97. The summed E-state index contributed by atoms with van der Waals surface area (Å²) in [5.41, 5.74) is 0.442. The number of esters is 1. The first-order valence-corrected chi connectivity index (χ1v) is 5.53. The lowest BCUT2D eigenvalue weighted by molar-refractivity contribution is -0.153. The van der Waals surface area contributed by atoms with E-state index in [2.05, 4.69) is 15.9 Å². The van der Waals surface area contributed by atoms with Crippen molar-refractivity contribution in [2.45, 2.75) is 13.0 Å². The summed E-state index contributed by atoms with van der Waals surface area (Å²) in [6, 6.07) is 4.79. The third-order valence-corrected chi connectivity index (χ3v) is 2.69. The van der Waals surface area contributed by atoms with Gasteiger partial charge in [-0.3, -0.25) is 0 Å². The summed E-state index contributed by atoms with van der Waals surface area (Å²) in [7, 11) is 0. The topological polar surface area (TPSA) is 46.5 Å². The van der Waals surface area contributed by atoms with E-state index < -0.39 is 12.1 Å². The van der Waals surface area contributed by atoms with E-state index in [9.17, 15) is 9.90 Å². The summed E-state index contributed by atoms with van der Waals surface area (Å²) in [5.74, 6) is -0.666. The number of benzene rings is 1. The molecule has 1 aromatic rings. The Morgan fingerprint density at radius 3 is 2.87 bits per heavy atom. The van der Waals surface area contributed by atoms with Crippen molar-refractivity contribution < 1.29 is 14.6 Å². The molecule has 1 unspecified atom stereocenters. The van der Waals surface area contributed by atoms with E-state index in [0.717, 1.165) is 0 Å². The van der Waals surface area contributed by atoms with Gasteiger partial charge in [0.2, 0.25) is 0 Å². The predicted molar refractivity (Wildman–Crippen MR) is 60.7 cm³/mol. The van der Waals surface area contributed by atoms with Crippen LogP contribution in [0.15, 0.2) is 22.7 Å². The second-order valence-corrected chi connectivity index (χ2v) is 4.11. The van der Waals surface area contributed by atoms with Crippen molar-refractivity contribution in [3.63, 3.8) is 0 Å². The van der Waals surface area contributed by atoms with Crippen molar-refractivity contribution in [1.82, 2.24) is 0 Å². The second kappa shape index (κ2) is 5.49. The zero-order valence-electron chi connectivity index (χ0n) is 8.04. The van der Waals surface area contributed by atoms with E-state index in [-0.39, 0.29) is 6.61 Å². The van der Waals surface area contributed by atoms with Crippen LogP contribution >= 0.6 is 27.5 Å². The van der Waals surface area contributed by atoms with Gasteiger partial charge in [-0.15, -0.1) is 0 Å². The molecule has 0 spiro atoms. The maximum atomic E-state index is 11.3. The monoisotopic (exact) mass is 292 g/mol. The zero-order valence-corrected chi connectivity index (χ0v) is 10.4. The van der Waals surface area contributed by atoms with Gasteiger partial charge in [0.25, 0.3) is 0 Å². The molecule has 82 valence electrons. The molecule has 0 saturated heterocycles. The Hall–Kier alpha value is -0.580. The lowest BCUT2D eigenvalue weighted by Gasteiger charge is -2.11. The molecule has 0 saturated carbocycles. The van der Waals surface area contributed by atoms with Gasteiger partial charge < -0.3 is 9.84 Å². The number of aliphatic hydroxyl groups is 1. The van der Waals surface area contributed by atoms with Gasteiger partial charge in [-0.05, 0) is 19.1 Å². The molecular formula is C10H10BrClO3. The van der Waals surface area contributed by atoms with Crippen molar-refractivity contribution in [1.29, 1.82) is 0 Å². The van der Waals surface area contributed by atoms with Crippen LogP contribution in [0.4, 0.5) is 0 Å². The van der Waals surface area contributed by atoms with Crippen LogP contribution < -0.4 is 0 Å². The first-order chi connectivity index (χ1) is 7.06. The fraction of sp³-hybridized carbons (Fsp3) is 0.300. The van der Waals surface area contributed by atoms with Gasteiger partial charge in [0.05, 0.1) is 6.61 Å². The molecule has 0 aliphatic carbocycles. The number of halogens is 2. The van der Waals surface area contributed by atoms with Crippen molar-refractivity contribution in [3.05, 3.63) is 33.3 Å². The van der Waals surface area contributed by atoms with Gasteiger partial charge in [-0.25, -0.2) is 4.79 Å². The van der Waals surface area contributed by atoms with Crippen LogP contribution in [-0.4, -0.2) is 17.7 Å². The average Bonchev–Trinajstić information content (AvgIpc) is 2.17. The highest BCUT2D eigenvalue weighted by Crippen LogP contribution is 2.27. The number of ether oxygens (including phenoxy) is 1. The summed E-state index contributed by atoms with van der Waals surface area (Å²) in [5, 5.41) is 10.2. The Kier molecular flexibility index (Phi) is 4.57. The lowest BCUT2D eigenvalue weighted by Crippen LogP contribution is -2.15. The van der Waals surface area contributed by atoms with E-state index in [1.54, 1.807) is 25.1 Å². The molecule has 1 N–H and O–H groups in total. The Morgan fingerprint density at radius 1 is 1.67 bits per heavy atom. The number of rotatable bonds is 3. The first kappa shape index (κ1) is 12.5. The highest BCUT2D eigenvalue weighted by Gasteiger charge is 2.20. The number of carbonyl (C=O) groups is 1. The number of aliphatic hydroxyl groups excluding tert-OH is 1. The highest BCUT2D eigenvalue weighted by atomic mass is 79.9. The average molecular weight is 294 g/mol. The largest absolute Gasteiger partial charge is 0.464 e. The molecule has 5 heteroatoms. The molecule has 15 heavy (non-hydrogen) atoms.